The number of hydrogen-bond acceptors (Lipinski definition) is 5. The summed E-state index contributed by atoms with van der Waals surface area (Å²) < 4.78 is 0. The van der Waals surface area contributed by atoms with E-state index in [0.717, 1.165) is 40.7 Å². The molecule has 2 bridgehead atoms. The van der Waals surface area contributed by atoms with Crippen molar-refractivity contribution >= 4 is 28.1 Å². The maximum atomic E-state index is 5.96. The van der Waals surface area contributed by atoms with Gasteiger partial charge in [0, 0.05) is 42.7 Å². The SMILES string of the molecule is CC(C)N1C2CCC1CN(c1nnc(Cc3ccc(Cl)cc3)s1)CC2. The van der Waals surface area contributed by atoms with Crippen molar-refractivity contribution in [1.82, 2.24) is 15.1 Å². The molecule has 0 N–H and O–H groups in total. The van der Waals surface area contributed by atoms with Crippen LogP contribution in [-0.2, 0) is 6.42 Å². The monoisotopic (exact) mass is 376 g/mol. The Kier molecular flexibility index (Phi) is 4.98. The second-order valence-corrected chi connectivity index (χ2v) is 8.92. The molecule has 1 aromatic carbocycles. The van der Waals surface area contributed by atoms with E-state index in [0.29, 0.717) is 12.1 Å². The maximum Gasteiger partial charge on any atom is 0.208 e. The van der Waals surface area contributed by atoms with Gasteiger partial charge in [-0.15, -0.1) is 10.2 Å². The second kappa shape index (κ2) is 7.22. The van der Waals surface area contributed by atoms with E-state index in [1.54, 1.807) is 11.3 Å². The van der Waals surface area contributed by atoms with Gasteiger partial charge >= 0.3 is 0 Å². The number of hydrogen-bond donors (Lipinski definition) is 0. The van der Waals surface area contributed by atoms with Gasteiger partial charge in [0.2, 0.25) is 5.13 Å². The Morgan fingerprint density at radius 1 is 1.12 bits per heavy atom. The van der Waals surface area contributed by atoms with Crippen LogP contribution in [0.1, 0.15) is 43.7 Å². The van der Waals surface area contributed by atoms with Gasteiger partial charge in [0.15, 0.2) is 0 Å². The van der Waals surface area contributed by atoms with E-state index in [-0.39, 0.29) is 0 Å². The maximum absolute atomic E-state index is 5.96. The fraction of sp³-hybridized carbons (Fsp3) is 0.579. The molecular weight excluding hydrogens is 352 g/mol. The number of fused-ring (bicyclic) bond motifs is 2. The van der Waals surface area contributed by atoms with Crippen LogP contribution in [0.15, 0.2) is 24.3 Å². The molecule has 2 aromatic rings. The zero-order valence-electron chi connectivity index (χ0n) is 14.9. The number of nitrogens with zero attached hydrogens (tertiary/aromatic N) is 4. The fourth-order valence-corrected chi connectivity index (χ4v) is 5.38. The van der Waals surface area contributed by atoms with Crippen LogP contribution in [0, 0.1) is 0 Å². The lowest BCUT2D eigenvalue weighted by molar-refractivity contribution is 0.158. The van der Waals surface area contributed by atoms with Crippen molar-refractivity contribution in [2.45, 2.75) is 57.7 Å². The molecule has 2 atom stereocenters. The molecule has 0 saturated carbocycles. The van der Waals surface area contributed by atoms with E-state index in [9.17, 15) is 0 Å². The van der Waals surface area contributed by atoms with Crippen LogP contribution in [0.4, 0.5) is 5.13 Å². The molecule has 134 valence electrons. The topological polar surface area (TPSA) is 32.3 Å². The lowest BCUT2D eigenvalue weighted by atomic mass is 10.1. The molecule has 4 nitrogen and oxygen atoms in total. The number of halogens is 1. The molecule has 3 heterocycles. The van der Waals surface area contributed by atoms with Gasteiger partial charge in [-0.1, -0.05) is 35.1 Å². The van der Waals surface area contributed by atoms with Crippen LogP contribution in [0.25, 0.3) is 0 Å². The van der Waals surface area contributed by atoms with Crippen LogP contribution in [0.2, 0.25) is 5.02 Å². The normalized spacial score (nSPS) is 24.1. The van der Waals surface area contributed by atoms with Gasteiger partial charge < -0.3 is 4.90 Å². The van der Waals surface area contributed by atoms with E-state index in [2.05, 4.69) is 46.0 Å². The summed E-state index contributed by atoms with van der Waals surface area (Å²) in [7, 11) is 0. The van der Waals surface area contributed by atoms with Crippen LogP contribution >= 0.6 is 22.9 Å². The molecule has 2 fully saturated rings. The van der Waals surface area contributed by atoms with Gasteiger partial charge in [0.1, 0.15) is 5.01 Å². The van der Waals surface area contributed by atoms with E-state index in [4.69, 9.17) is 11.6 Å². The lowest BCUT2D eigenvalue weighted by Crippen LogP contribution is -2.43. The summed E-state index contributed by atoms with van der Waals surface area (Å²) in [5.74, 6) is 0. The number of anilines is 1. The number of rotatable bonds is 4. The van der Waals surface area contributed by atoms with Gasteiger partial charge in [-0.25, -0.2) is 0 Å². The molecule has 2 aliphatic heterocycles. The molecule has 25 heavy (non-hydrogen) atoms. The summed E-state index contributed by atoms with van der Waals surface area (Å²) >= 11 is 7.70. The van der Waals surface area contributed by atoms with Crippen molar-refractivity contribution in [2.24, 2.45) is 0 Å². The van der Waals surface area contributed by atoms with Crippen LogP contribution in [-0.4, -0.2) is 46.3 Å². The van der Waals surface area contributed by atoms with Crippen molar-refractivity contribution in [1.29, 1.82) is 0 Å². The largest absolute Gasteiger partial charge is 0.345 e. The summed E-state index contributed by atoms with van der Waals surface area (Å²) in [6, 6.07) is 10.0. The molecule has 0 amide bonds. The highest BCUT2D eigenvalue weighted by molar-refractivity contribution is 7.15. The highest BCUT2D eigenvalue weighted by atomic mass is 35.5. The average molecular weight is 377 g/mol. The smallest absolute Gasteiger partial charge is 0.208 e. The third kappa shape index (κ3) is 3.69. The van der Waals surface area contributed by atoms with Crippen LogP contribution < -0.4 is 4.90 Å². The summed E-state index contributed by atoms with van der Waals surface area (Å²) in [5.41, 5.74) is 1.23. The van der Waals surface area contributed by atoms with Gasteiger partial charge in [-0.3, -0.25) is 4.90 Å². The van der Waals surface area contributed by atoms with E-state index in [1.807, 2.05) is 12.1 Å². The quantitative estimate of drug-likeness (QED) is 0.799. The molecule has 6 heteroatoms. The predicted molar refractivity (Wildman–Crippen MR) is 105 cm³/mol. The Bertz CT molecular complexity index is 714. The van der Waals surface area contributed by atoms with Crippen molar-refractivity contribution in [3.63, 3.8) is 0 Å². The number of aromatic nitrogens is 2. The van der Waals surface area contributed by atoms with Crippen molar-refractivity contribution in [2.75, 3.05) is 18.0 Å². The van der Waals surface area contributed by atoms with Crippen molar-refractivity contribution < 1.29 is 0 Å². The fourth-order valence-electron chi connectivity index (χ4n) is 4.35. The molecule has 2 aliphatic rings. The van der Waals surface area contributed by atoms with Gasteiger partial charge in [-0.05, 0) is 50.8 Å². The Balaban J connectivity index is 1.46. The Morgan fingerprint density at radius 2 is 1.88 bits per heavy atom. The average Bonchev–Trinajstić information content (AvgIpc) is 3.14. The molecule has 0 aliphatic carbocycles. The molecule has 2 unspecified atom stereocenters. The van der Waals surface area contributed by atoms with E-state index < -0.39 is 0 Å². The molecular formula is C19H25ClN4S. The summed E-state index contributed by atoms with van der Waals surface area (Å²) in [4.78, 5) is 5.19. The van der Waals surface area contributed by atoms with Crippen molar-refractivity contribution in [3.05, 3.63) is 39.9 Å². The highest BCUT2D eigenvalue weighted by Gasteiger charge is 2.39. The molecule has 1 aromatic heterocycles. The standard InChI is InChI=1S/C19H25ClN4S/c1-13(2)24-16-7-8-17(24)12-23(10-9-16)19-22-21-18(25-19)11-14-3-5-15(20)6-4-14/h3-6,13,16-17H,7-12H2,1-2H3. The first-order valence-corrected chi connectivity index (χ1v) is 10.4. The molecule has 0 radical (unpaired) electrons. The summed E-state index contributed by atoms with van der Waals surface area (Å²) in [6.45, 7) is 6.84. The first-order valence-electron chi connectivity index (χ1n) is 9.19. The predicted octanol–water partition coefficient (Wildman–Crippen LogP) is 4.23. The first-order chi connectivity index (χ1) is 12.1. The van der Waals surface area contributed by atoms with E-state index in [1.165, 1.54) is 24.8 Å². The highest BCUT2D eigenvalue weighted by Crippen LogP contribution is 2.34. The summed E-state index contributed by atoms with van der Waals surface area (Å²) in [6.07, 6.45) is 4.73. The van der Waals surface area contributed by atoms with Crippen molar-refractivity contribution in [3.8, 4) is 0 Å². The minimum absolute atomic E-state index is 0.632. The van der Waals surface area contributed by atoms with Gasteiger partial charge in [-0.2, -0.15) is 0 Å². The third-order valence-corrected chi connectivity index (χ3v) is 6.67. The lowest BCUT2D eigenvalue weighted by Gasteiger charge is -2.32. The van der Waals surface area contributed by atoms with Gasteiger partial charge in [0.25, 0.3) is 0 Å². The number of benzene rings is 1. The third-order valence-electron chi connectivity index (χ3n) is 5.43. The minimum Gasteiger partial charge on any atom is -0.345 e. The Morgan fingerprint density at radius 3 is 2.64 bits per heavy atom. The molecule has 2 saturated heterocycles. The minimum atomic E-state index is 0.632. The first kappa shape index (κ1) is 17.3. The van der Waals surface area contributed by atoms with E-state index >= 15 is 0 Å². The zero-order chi connectivity index (χ0) is 17.4. The second-order valence-electron chi connectivity index (χ2n) is 7.44. The summed E-state index contributed by atoms with van der Waals surface area (Å²) in [5, 5.41) is 11.9. The molecule has 0 spiro atoms. The molecule has 4 rings (SSSR count). The Hall–Kier alpha value is -1.17. The van der Waals surface area contributed by atoms with Crippen LogP contribution in [0.5, 0.6) is 0 Å². The Labute approximate surface area is 158 Å². The van der Waals surface area contributed by atoms with Gasteiger partial charge in [0.05, 0.1) is 0 Å². The van der Waals surface area contributed by atoms with Crippen LogP contribution in [0.3, 0.4) is 0 Å². The zero-order valence-corrected chi connectivity index (χ0v) is 16.4.